The number of amides is 1. The molecule has 2 unspecified atom stereocenters. The summed E-state index contributed by atoms with van der Waals surface area (Å²) < 4.78 is 0. The predicted molar refractivity (Wildman–Crippen MR) is 66.3 cm³/mol. The lowest BCUT2D eigenvalue weighted by atomic mass is 9.95. The summed E-state index contributed by atoms with van der Waals surface area (Å²) in [7, 11) is 0. The molecule has 1 saturated heterocycles. The van der Waals surface area contributed by atoms with Gasteiger partial charge in [-0.25, -0.2) is 0 Å². The van der Waals surface area contributed by atoms with E-state index in [9.17, 15) is 9.59 Å². The predicted octanol–water partition coefficient (Wildman–Crippen LogP) is 0.479. The van der Waals surface area contributed by atoms with Gasteiger partial charge in [0, 0.05) is 24.7 Å². The van der Waals surface area contributed by atoms with Gasteiger partial charge in [-0.05, 0) is 18.6 Å². The zero-order chi connectivity index (χ0) is 13.0. The highest BCUT2D eigenvalue weighted by Gasteiger charge is 2.27. The Balaban J connectivity index is 1.93. The fourth-order valence-electron chi connectivity index (χ4n) is 2.10. The molecule has 1 fully saturated rings. The van der Waals surface area contributed by atoms with Gasteiger partial charge in [0.1, 0.15) is 0 Å². The topological polar surface area (TPSA) is 78.4 Å². The molecule has 1 heterocycles. The van der Waals surface area contributed by atoms with Crippen LogP contribution >= 0.6 is 0 Å². The Hall–Kier alpha value is -1.88. The van der Waals surface area contributed by atoms with Crippen LogP contribution in [0.4, 0.5) is 0 Å². The summed E-state index contributed by atoms with van der Waals surface area (Å²) in [6.45, 7) is 1.08. The Morgan fingerprint density at radius 2 is 1.94 bits per heavy atom. The van der Waals surface area contributed by atoms with Gasteiger partial charge in [-0.2, -0.15) is 0 Å². The van der Waals surface area contributed by atoms with Crippen molar-refractivity contribution in [3.63, 3.8) is 0 Å². The number of carbonyl (C=O) groups excluding carboxylic acids is 1. The molecule has 0 spiro atoms. The van der Waals surface area contributed by atoms with E-state index in [-0.39, 0.29) is 11.9 Å². The molecule has 96 valence electrons. The summed E-state index contributed by atoms with van der Waals surface area (Å²) in [5, 5.41) is 14.8. The fraction of sp³-hybridized carbons (Fsp3) is 0.385. The van der Waals surface area contributed by atoms with Crippen LogP contribution in [0, 0.1) is 5.92 Å². The van der Waals surface area contributed by atoms with Crippen LogP contribution < -0.4 is 10.6 Å². The van der Waals surface area contributed by atoms with Crippen LogP contribution in [0.3, 0.4) is 0 Å². The summed E-state index contributed by atoms with van der Waals surface area (Å²) in [6, 6.07) is 8.79. The number of carboxylic acid groups (broad SMARTS) is 1. The molecule has 5 nitrogen and oxygen atoms in total. The van der Waals surface area contributed by atoms with Gasteiger partial charge in [0.25, 0.3) is 5.91 Å². The number of aliphatic carboxylic acids is 1. The molecule has 2 rings (SSSR count). The molecular weight excluding hydrogens is 232 g/mol. The van der Waals surface area contributed by atoms with E-state index in [1.54, 1.807) is 24.3 Å². The van der Waals surface area contributed by atoms with Crippen molar-refractivity contribution in [3.05, 3.63) is 35.9 Å². The molecule has 2 atom stereocenters. The Bertz CT molecular complexity index is 433. The second-order valence-electron chi connectivity index (χ2n) is 4.47. The number of carboxylic acids is 1. The maximum atomic E-state index is 11.9. The van der Waals surface area contributed by atoms with E-state index in [1.807, 2.05) is 6.07 Å². The minimum atomic E-state index is -0.818. The highest BCUT2D eigenvalue weighted by atomic mass is 16.4. The third-order valence-electron chi connectivity index (χ3n) is 3.07. The number of nitrogens with one attached hydrogen (secondary N) is 2. The van der Waals surface area contributed by atoms with Crippen LogP contribution in [0.1, 0.15) is 16.8 Å². The van der Waals surface area contributed by atoms with Gasteiger partial charge in [0.15, 0.2) is 0 Å². The molecule has 0 bridgehead atoms. The lowest BCUT2D eigenvalue weighted by molar-refractivity contribution is -0.142. The largest absolute Gasteiger partial charge is 0.481 e. The Morgan fingerprint density at radius 3 is 2.61 bits per heavy atom. The van der Waals surface area contributed by atoms with E-state index in [1.165, 1.54) is 0 Å². The lowest BCUT2D eigenvalue weighted by Crippen LogP contribution is -2.50. The summed E-state index contributed by atoms with van der Waals surface area (Å²) in [6.07, 6.45) is 0.473. The number of piperidine rings is 1. The SMILES string of the molecule is O=C(NC1CNCC(C(=O)O)C1)c1ccccc1. The first-order valence-corrected chi connectivity index (χ1v) is 5.96. The van der Waals surface area contributed by atoms with Gasteiger partial charge in [0.2, 0.25) is 0 Å². The summed E-state index contributed by atoms with van der Waals surface area (Å²) >= 11 is 0. The highest BCUT2D eigenvalue weighted by molar-refractivity contribution is 5.94. The first-order valence-electron chi connectivity index (χ1n) is 5.96. The third kappa shape index (κ3) is 3.07. The van der Waals surface area contributed by atoms with Crippen molar-refractivity contribution in [1.82, 2.24) is 10.6 Å². The standard InChI is InChI=1S/C13H16N2O3/c16-12(9-4-2-1-3-5-9)15-11-6-10(13(17)18)7-14-8-11/h1-5,10-11,14H,6-8H2,(H,15,16)(H,17,18). The fourth-order valence-corrected chi connectivity index (χ4v) is 2.10. The van der Waals surface area contributed by atoms with Gasteiger partial charge in [-0.3, -0.25) is 9.59 Å². The van der Waals surface area contributed by atoms with Crippen molar-refractivity contribution >= 4 is 11.9 Å². The Morgan fingerprint density at radius 1 is 1.22 bits per heavy atom. The highest BCUT2D eigenvalue weighted by Crippen LogP contribution is 2.11. The third-order valence-corrected chi connectivity index (χ3v) is 3.07. The second-order valence-corrected chi connectivity index (χ2v) is 4.47. The minimum Gasteiger partial charge on any atom is -0.481 e. The monoisotopic (exact) mass is 248 g/mol. The van der Waals surface area contributed by atoms with Crippen molar-refractivity contribution in [2.75, 3.05) is 13.1 Å². The van der Waals surface area contributed by atoms with Crippen molar-refractivity contribution in [2.24, 2.45) is 5.92 Å². The number of benzene rings is 1. The average Bonchev–Trinajstić information content (AvgIpc) is 2.40. The van der Waals surface area contributed by atoms with E-state index in [0.29, 0.717) is 25.1 Å². The molecule has 0 aliphatic carbocycles. The molecule has 1 aliphatic rings. The zero-order valence-electron chi connectivity index (χ0n) is 9.93. The molecule has 0 saturated carbocycles. The van der Waals surface area contributed by atoms with Gasteiger partial charge in [-0.15, -0.1) is 0 Å². The number of hydrogen-bond acceptors (Lipinski definition) is 3. The minimum absolute atomic E-state index is 0.132. The van der Waals surface area contributed by atoms with Crippen molar-refractivity contribution in [1.29, 1.82) is 0 Å². The van der Waals surface area contributed by atoms with Gasteiger partial charge < -0.3 is 15.7 Å². The maximum Gasteiger partial charge on any atom is 0.307 e. The number of carbonyl (C=O) groups is 2. The van der Waals surface area contributed by atoms with Crippen molar-refractivity contribution < 1.29 is 14.7 Å². The first kappa shape index (κ1) is 12.6. The quantitative estimate of drug-likeness (QED) is 0.727. The smallest absolute Gasteiger partial charge is 0.307 e. The normalized spacial score (nSPS) is 23.3. The van der Waals surface area contributed by atoms with E-state index in [0.717, 1.165) is 0 Å². The molecule has 1 aliphatic heterocycles. The summed E-state index contributed by atoms with van der Waals surface area (Å²) in [5.74, 6) is -1.41. The van der Waals surface area contributed by atoms with Gasteiger partial charge >= 0.3 is 5.97 Å². The van der Waals surface area contributed by atoms with E-state index < -0.39 is 11.9 Å². The van der Waals surface area contributed by atoms with E-state index in [4.69, 9.17) is 5.11 Å². The summed E-state index contributed by atoms with van der Waals surface area (Å²) in [5.41, 5.74) is 0.593. The molecular formula is C13H16N2O3. The average molecular weight is 248 g/mol. The van der Waals surface area contributed by atoms with Gasteiger partial charge in [-0.1, -0.05) is 18.2 Å². The van der Waals surface area contributed by atoms with Crippen LogP contribution in [-0.2, 0) is 4.79 Å². The Kier molecular flexibility index (Phi) is 3.94. The van der Waals surface area contributed by atoms with Crippen LogP contribution in [0.5, 0.6) is 0 Å². The molecule has 1 aromatic carbocycles. The van der Waals surface area contributed by atoms with Crippen LogP contribution in [-0.4, -0.2) is 36.1 Å². The zero-order valence-corrected chi connectivity index (χ0v) is 9.93. The molecule has 0 radical (unpaired) electrons. The van der Waals surface area contributed by atoms with Crippen LogP contribution in [0.25, 0.3) is 0 Å². The first-order chi connectivity index (χ1) is 8.66. The second kappa shape index (κ2) is 5.64. The molecule has 1 aromatic rings. The maximum absolute atomic E-state index is 11.9. The summed E-state index contributed by atoms with van der Waals surface area (Å²) in [4.78, 5) is 22.8. The van der Waals surface area contributed by atoms with E-state index in [2.05, 4.69) is 10.6 Å². The van der Waals surface area contributed by atoms with Crippen molar-refractivity contribution in [2.45, 2.75) is 12.5 Å². The molecule has 18 heavy (non-hydrogen) atoms. The van der Waals surface area contributed by atoms with Crippen molar-refractivity contribution in [3.8, 4) is 0 Å². The van der Waals surface area contributed by atoms with E-state index >= 15 is 0 Å². The molecule has 1 amide bonds. The molecule has 3 N–H and O–H groups in total. The molecule has 0 aromatic heterocycles. The number of rotatable bonds is 3. The molecule has 5 heteroatoms. The Labute approximate surface area is 105 Å². The van der Waals surface area contributed by atoms with Crippen LogP contribution in [0.2, 0.25) is 0 Å². The number of hydrogen-bond donors (Lipinski definition) is 3. The lowest BCUT2D eigenvalue weighted by Gasteiger charge is -2.28. The van der Waals surface area contributed by atoms with Crippen LogP contribution in [0.15, 0.2) is 30.3 Å². The van der Waals surface area contributed by atoms with Gasteiger partial charge in [0.05, 0.1) is 5.92 Å².